The standard InChI is InChI=1S/C21H24N2O4/c1-21(2,16-6-4-3-5-7-16)13-12-18(24)23-17-10-8-15(9-11-17)20(27)22-14-19(25)26/h3-11H,12-14H2,1-2H3,(H,22,27)(H,23,24)(H,25,26). The van der Waals surface area contributed by atoms with Crippen LogP contribution in [0.5, 0.6) is 0 Å². The molecule has 0 unspecified atom stereocenters. The van der Waals surface area contributed by atoms with Crippen molar-refractivity contribution in [1.82, 2.24) is 5.32 Å². The molecule has 0 aliphatic rings. The molecule has 2 aromatic rings. The quantitative estimate of drug-likeness (QED) is 0.667. The highest BCUT2D eigenvalue weighted by Crippen LogP contribution is 2.28. The van der Waals surface area contributed by atoms with Crippen molar-refractivity contribution in [3.05, 3.63) is 65.7 Å². The molecule has 0 aromatic heterocycles. The maximum absolute atomic E-state index is 12.2. The lowest BCUT2D eigenvalue weighted by molar-refractivity contribution is -0.135. The minimum atomic E-state index is -1.11. The number of rotatable bonds is 8. The van der Waals surface area contributed by atoms with E-state index in [-0.39, 0.29) is 11.3 Å². The molecule has 0 aliphatic heterocycles. The van der Waals surface area contributed by atoms with Crippen LogP contribution in [0.4, 0.5) is 5.69 Å². The largest absolute Gasteiger partial charge is 0.480 e. The molecule has 0 heterocycles. The molecule has 0 fully saturated rings. The van der Waals surface area contributed by atoms with Crippen LogP contribution >= 0.6 is 0 Å². The Bertz CT molecular complexity index is 799. The number of hydrogen-bond acceptors (Lipinski definition) is 3. The van der Waals surface area contributed by atoms with Gasteiger partial charge in [-0.2, -0.15) is 0 Å². The first-order chi connectivity index (χ1) is 12.8. The fourth-order valence-electron chi connectivity index (χ4n) is 2.65. The minimum absolute atomic E-state index is 0.0953. The molecule has 6 nitrogen and oxygen atoms in total. The van der Waals surface area contributed by atoms with Gasteiger partial charge in [0.1, 0.15) is 6.54 Å². The number of aliphatic carboxylic acids is 1. The van der Waals surface area contributed by atoms with Crippen LogP contribution in [0.25, 0.3) is 0 Å². The van der Waals surface area contributed by atoms with Crippen LogP contribution in [-0.4, -0.2) is 29.4 Å². The van der Waals surface area contributed by atoms with Gasteiger partial charge in [0.15, 0.2) is 0 Å². The molecule has 3 N–H and O–H groups in total. The Morgan fingerprint density at radius 3 is 2.19 bits per heavy atom. The summed E-state index contributed by atoms with van der Waals surface area (Å²) in [7, 11) is 0. The molecule has 2 aromatic carbocycles. The number of carbonyl (C=O) groups is 3. The molecular formula is C21H24N2O4. The molecular weight excluding hydrogens is 344 g/mol. The van der Waals surface area contributed by atoms with Gasteiger partial charge in [-0.25, -0.2) is 0 Å². The lowest BCUT2D eigenvalue weighted by atomic mass is 9.80. The summed E-state index contributed by atoms with van der Waals surface area (Å²) in [6.07, 6.45) is 1.08. The highest BCUT2D eigenvalue weighted by Gasteiger charge is 2.21. The molecule has 0 saturated carbocycles. The molecule has 0 atom stereocenters. The van der Waals surface area contributed by atoms with Gasteiger partial charge in [0.05, 0.1) is 0 Å². The highest BCUT2D eigenvalue weighted by atomic mass is 16.4. The van der Waals surface area contributed by atoms with E-state index in [1.165, 1.54) is 5.56 Å². The lowest BCUT2D eigenvalue weighted by Gasteiger charge is -2.25. The van der Waals surface area contributed by atoms with Crippen LogP contribution in [0.3, 0.4) is 0 Å². The average Bonchev–Trinajstić information content (AvgIpc) is 2.66. The van der Waals surface area contributed by atoms with Crippen molar-refractivity contribution >= 4 is 23.5 Å². The fraction of sp³-hybridized carbons (Fsp3) is 0.286. The van der Waals surface area contributed by atoms with Crippen molar-refractivity contribution in [3.63, 3.8) is 0 Å². The first-order valence-corrected chi connectivity index (χ1v) is 8.73. The second kappa shape index (κ2) is 8.98. The average molecular weight is 368 g/mol. The summed E-state index contributed by atoms with van der Waals surface area (Å²) in [5.41, 5.74) is 2.01. The van der Waals surface area contributed by atoms with E-state index in [0.29, 0.717) is 24.1 Å². The van der Waals surface area contributed by atoms with Crippen molar-refractivity contribution < 1.29 is 19.5 Å². The lowest BCUT2D eigenvalue weighted by Crippen LogP contribution is -2.29. The Kier molecular flexibility index (Phi) is 6.71. The number of benzene rings is 2. The number of carboxylic acid groups (broad SMARTS) is 1. The van der Waals surface area contributed by atoms with Crippen LogP contribution in [0.15, 0.2) is 54.6 Å². The molecule has 0 spiro atoms. The predicted octanol–water partition coefficient (Wildman–Crippen LogP) is 3.20. The van der Waals surface area contributed by atoms with Crippen LogP contribution in [0.1, 0.15) is 42.6 Å². The van der Waals surface area contributed by atoms with Gasteiger partial charge < -0.3 is 15.7 Å². The molecule has 142 valence electrons. The molecule has 27 heavy (non-hydrogen) atoms. The summed E-state index contributed by atoms with van der Waals surface area (Å²) in [6, 6.07) is 16.4. The molecule has 2 rings (SSSR count). The number of carboxylic acids is 1. The number of hydrogen-bond donors (Lipinski definition) is 3. The third kappa shape index (κ3) is 6.26. The molecule has 0 bridgehead atoms. The van der Waals surface area contributed by atoms with Crippen molar-refractivity contribution in [2.24, 2.45) is 0 Å². The Balaban J connectivity index is 1.87. The normalized spacial score (nSPS) is 10.9. The summed E-state index contributed by atoms with van der Waals surface area (Å²) in [4.78, 5) is 34.5. The maximum atomic E-state index is 12.2. The Morgan fingerprint density at radius 1 is 0.963 bits per heavy atom. The molecule has 2 amide bonds. The van der Waals surface area contributed by atoms with Crippen LogP contribution in [0, 0.1) is 0 Å². The monoisotopic (exact) mass is 368 g/mol. The minimum Gasteiger partial charge on any atom is -0.480 e. The highest BCUT2D eigenvalue weighted by molar-refractivity contribution is 5.97. The number of amides is 2. The summed E-state index contributed by atoms with van der Waals surface area (Å²) in [5.74, 6) is -1.67. The van der Waals surface area contributed by atoms with E-state index in [2.05, 4.69) is 36.6 Å². The van der Waals surface area contributed by atoms with Gasteiger partial charge in [-0.1, -0.05) is 44.2 Å². The topological polar surface area (TPSA) is 95.5 Å². The number of nitrogens with one attached hydrogen (secondary N) is 2. The van der Waals surface area contributed by atoms with Gasteiger partial charge in [-0.15, -0.1) is 0 Å². The van der Waals surface area contributed by atoms with E-state index in [4.69, 9.17) is 5.11 Å². The van der Waals surface area contributed by atoms with Crippen molar-refractivity contribution in [3.8, 4) is 0 Å². The Hall–Kier alpha value is -3.15. The van der Waals surface area contributed by atoms with Crippen LogP contribution in [0.2, 0.25) is 0 Å². The maximum Gasteiger partial charge on any atom is 0.322 e. The van der Waals surface area contributed by atoms with Gasteiger partial charge in [-0.3, -0.25) is 14.4 Å². The Morgan fingerprint density at radius 2 is 1.59 bits per heavy atom. The zero-order chi connectivity index (χ0) is 19.9. The molecule has 0 radical (unpaired) electrons. The smallest absolute Gasteiger partial charge is 0.322 e. The third-order valence-electron chi connectivity index (χ3n) is 4.36. The van der Waals surface area contributed by atoms with Crippen LogP contribution in [-0.2, 0) is 15.0 Å². The summed E-state index contributed by atoms with van der Waals surface area (Å²) in [5, 5.41) is 13.7. The second-order valence-corrected chi connectivity index (χ2v) is 6.95. The summed E-state index contributed by atoms with van der Waals surface area (Å²) in [6.45, 7) is 3.79. The van der Waals surface area contributed by atoms with Crippen LogP contribution < -0.4 is 10.6 Å². The van der Waals surface area contributed by atoms with E-state index in [9.17, 15) is 14.4 Å². The van der Waals surface area contributed by atoms with Gasteiger partial charge >= 0.3 is 5.97 Å². The SMILES string of the molecule is CC(C)(CCC(=O)Nc1ccc(C(=O)NCC(=O)O)cc1)c1ccccc1. The van der Waals surface area contributed by atoms with Gasteiger partial charge in [0.2, 0.25) is 5.91 Å². The van der Waals surface area contributed by atoms with Crippen molar-refractivity contribution in [2.45, 2.75) is 32.1 Å². The predicted molar refractivity (Wildman–Crippen MR) is 104 cm³/mol. The van der Waals surface area contributed by atoms with E-state index in [0.717, 1.165) is 0 Å². The van der Waals surface area contributed by atoms with Crippen molar-refractivity contribution in [1.29, 1.82) is 0 Å². The number of carbonyl (C=O) groups excluding carboxylic acids is 2. The van der Waals surface area contributed by atoms with E-state index < -0.39 is 18.4 Å². The molecule has 0 saturated heterocycles. The van der Waals surface area contributed by atoms with Crippen molar-refractivity contribution in [2.75, 3.05) is 11.9 Å². The van der Waals surface area contributed by atoms with E-state index in [1.54, 1.807) is 24.3 Å². The van der Waals surface area contributed by atoms with Gasteiger partial charge in [0, 0.05) is 17.7 Å². The van der Waals surface area contributed by atoms with Gasteiger partial charge in [-0.05, 0) is 41.7 Å². The zero-order valence-electron chi connectivity index (χ0n) is 15.5. The molecule has 6 heteroatoms. The molecule has 0 aliphatic carbocycles. The zero-order valence-corrected chi connectivity index (χ0v) is 15.5. The first-order valence-electron chi connectivity index (χ1n) is 8.73. The van der Waals surface area contributed by atoms with Gasteiger partial charge in [0.25, 0.3) is 5.91 Å². The van der Waals surface area contributed by atoms with E-state index in [1.807, 2.05) is 18.2 Å². The number of anilines is 1. The Labute approximate surface area is 158 Å². The fourth-order valence-corrected chi connectivity index (χ4v) is 2.65. The summed E-state index contributed by atoms with van der Waals surface area (Å²) < 4.78 is 0. The second-order valence-electron chi connectivity index (χ2n) is 6.95. The van der Waals surface area contributed by atoms with E-state index >= 15 is 0 Å². The first kappa shape index (κ1) is 20.2. The third-order valence-corrected chi connectivity index (χ3v) is 4.36. The summed E-state index contributed by atoms with van der Waals surface area (Å²) >= 11 is 0.